The average molecular weight is 167 g/mol. The number of rotatable bonds is 2. The fourth-order valence-electron chi connectivity index (χ4n) is 2.86. The molecule has 2 saturated carbocycles. The maximum absolute atomic E-state index is 9.59. The van der Waals surface area contributed by atoms with E-state index in [0.29, 0.717) is 5.92 Å². The highest BCUT2D eigenvalue weighted by atomic mass is 16.3. The van der Waals surface area contributed by atoms with Crippen LogP contribution in [0.4, 0.5) is 0 Å². The molecule has 68 valence electrons. The molecule has 3 rings (SSSR count). The van der Waals surface area contributed by atoms with Crippen LogP contribution in [0.1, 0.15) is 25.7 Å². The highest BCUT2D eigenvalue weighted by molar-refractivity contribution is 5.12. The van der Waals surface area contributed by atoms with Crippen molar-refractivity contribution in [2.45, 2.75) is 31.8 Å². The van der Waals surface area contributed by atoms with E-state index in [0.717, 1.165) is 24.4 Å². The molecule has 3 atom stereocenters. The van der Waals surface area contributed by atoms with Crippen molar-refractivity contribution in [1.82, 2.24) is 5.32 Å². The number of hydrogen-bond donors (Lipinski definition) is 2. The minimum atomic E-state index is -0.0543. The van der Waals surface area contributed by atoms with E-state index in [9.17, 15) is 5.11 Å². The SMILES string of the molecule is OC1CNCC1CC1CC12CC2. The number of aliphatic hydroxyl groups excluding tert-OH is 1. The van der Waals surface area contributed by atoms with Gasteiger partial charge in [-0.3, -0.25) is 0 Å². The standard InChI is InChI=1S/C10H17NO/c12-9-6-11-5-7(9)3-8-4-10(8)1-2-10/h7-9,11-12H,1-6H2. The molecular formula is C10H17NO. The molecule has 3 aliphatic rings. The smallest absolute Gasteiger partial charge is 0.0704 e. The summed E-state index contributed by atoms with van der Waals surface area (Å²) < 4.78 is 0. The van der Waals surface area contributed by atoms with Gasteiger partial charge in [0.05, 0.1) is 6.10 Å². The molecular weight excluding hydrogens is 150 g/mol. The quantitative estimate of drug-likeness (QED) is 0.636. The summed E-state index contributed by atoms with van der Waals surface area (Å²) in [5, 5.41) is 12.8. The van der Waals surface area contributed by atoms with Gasteiger partial charge in [-0.1, -0.05) is 0 Å². The van der Waals surface area contributed by atoms with E-state index in [1.54, 1.807) is 0 Å². The Morgan fingerprint density at radius 3 is 2.67 bits per heavy atom. The molecule has 1 spiro atoms. The van der Waals surface area contributed by atoms with E-state index in [1.165, 1.54) is 25.7 Å². The van der Waals surface area contributed by atoms with Gasteiger partial charge in [0.25, 0.3) is 0 Å². The Hall–Kier alpha value is -0.0800. The van der Waals surface area contributed by atoms with Gasteiger partial charge >= 0.3 is 0 Å². The number of nitrogens with one attached hydrogen (secondary N) is 1. The monoisotopic (exact) mass is 167 g/mol. The van der Waals surface area contributed by atoms with E-state index in [-0.39, 0.29) is 6.10 Å². The van der Waals surface area contributed by atoms with Gasteiger partial charge in [-0.25, -0.2) is 0 Å². The van der Waals surface area contributed by atoms with Crippen LogP contribution < -0.4 is 5.32 Å². The van der Waals surface area contributed by atoms with Gasteiger partial charge in [-0.15, -0.1) is 0 Å². The molecule has 0 aromatic carbocycles. The Morgan fingerprint density at radius 1 is 1.33 bits per heavy atom. The van der Waals surface area contributed by atoms with Gasteiger partial charge in [-0.2, -0.15) is 0 Å². The Bertz CT molecular complexity index is 200. The minimum Gasteiger partial charge on any atom is -0.391 e. The molecule has 12 heavy (non-hydrogen) atoms. The summed E-state index contributed by atoms with van der Waals surface area (Å²) in [5.74, 6) is 1.55. The van der Waals surface area contributed by atoms with E-state index in [4.69, 9.17) is 0 Å². The molecule has 2 N–H and O–H groups in total. The molecule has 1 aliphatic heterocycles. The molecule has 0 aromatic rings. The lowest BCUT2D eigenvalue weighted by atomic mass is 9.98. The summed E-state index contributed by atoms with van der Waals surface area (Å²) in [6.45, 7) is 1.87. The Morgan fingerprint density at radius 2 is 2.17 bits per heavy atom. The fraction of sp³-hybridized carbons (Fsp3) is 1.00. The predicted octanol–water partition coefficient (Wildman–Crippen LogP) is 0.757. The van der Waals surface area contributed by atoms with E-state index in [2.05, 4.69) is 5.32 Å². The molecule has 2 aliphatic carbocycles. The third-order valence-electron chi connectivity index (χ3n) is 4.14. The third kappa shape index (κ3) is 1.01. The van der Waals surface area contributed by atoms with Gasteiger partial charge < -0.3 is 10.4 Å². The van der Waals surface area contributed by atoms with Crippen molar-refractivity contribution in [3.8, 4) is 0 Å². The van der Waals surface area contributed by atoms with E-state index >= 15 is 0 Å². The molecule has 1 saturated heterocycles. The first-order valence-electron chi connectivity index (χ1n) is 5.19. The lowest BCUT2D eigenvalue weighted by molar-refractivity contribution is 0.138. The molecule has 2 heteroatoms. The van der Waals surface area contributed by atoms with E-state index < -0.39 is 0 Å². The van der Waals surface area contributed by atoms with Crippen LogP contribution in [0, 0.1) is 17.3 Å². The second-order valence-corrected chi connectivity index (χ2v) is 4.98. The van der Waals surface area contributed by atoms with Crippen LogP contribution in [0.3, 0.4) is 0 Å². The Kier molecular flexibility index (Phi) is 1.37. The number of hydrogen-bond acceptors (Lipinski definition) is 2. The van der Waals surface area contributed by atoms with Crippen molar-refractivity contribution in [3.05, 3.63) is 0 Å². The van der Waals surface area contributed by atoms with Crippen molar-refractivity contribution >= 4 is 0 Å². The van der Waals surface area contributed by atoms with Crippen molar-refractivity contribution < 1.29 is 5.11 Å². The zero-order chi connectivity index (χ0) is 8.18. The molecule has 3 unspecified atom stereocenters. The Labute approximate surface area is 73.4 Å². The maximum atomic E-state index is 9.59. The zero-order valence-electron chi connectivity index (χ0n) is 7.42. The molecule has 0 radical (unpaired) electrons. The van der Waals surface area contributed by atoms with Gasteiger partial charge in [0, 0.05) is 13.1 Å². The second kappa shape index (κ2) is 2.24. The molecule has 1 heterocycles. The summed E-state index contributed by atoms with van der Waals surface area (Å²) in [6.07, 6.45) is 5.66. The van der Waals surface area contributed by atoms with Crippen LogP contribution in [-0.2, 0) is 0 Å². The van der Waals surface area contributed by atoms with E-state index in [1.807, 2.05) is 0 Å². The zero-order valence-corrected chi connectivity index (χ0v) is 7.42. The third-order valence-corrected chi connectivity index (χ3v) is 4.14. The summed E-state index contributed by atoms with van der Waals surface area (Å²) in [7, 11) is 0. The average Bonchev–Trinajstić information content (AvgIpc) is 2.91. The normalized spacial score (nSPS) is 48.2. The lowest BCUT2D eigenvalue weighted by Gasteiger charge is -2.12. The minimum absolute atomic E-state index is 0.0543. The van der Waals surface area contributed by atoms with Crippen molar-refractivity contribution in [3.63, 3.8) is 0 Å². The fourth-order valence-corrected chi connectivity index (χ4v) is 2.86. The van der Waals surface area contributed by atoms with Crippen molar-refractivity contribution in [1.29, 1.82) is 0 Å². The van der Waals surface area contributed by atoms with Crippen LogP contribution in [0.25, 0.3) is 0 Å². The van der Waals surface area contributed by atoms with Gasteiger partial charge in [-0.05, 0) is 42.9 Å². The number of β-amino-alcohol motifs (C(OH)–C–C–N with tert-alkyl or cyclic N) is 1. The maximum Gasteiger partial charge on any atom is 0.0704 e. The first-order chi connectivity index (χ1) is 5.80. The van der Waals surface area contributed by atoms with Gasteiger partial charge in [0.1, 0.15) is 0 Å². The molecule has 0 amide bonds. The largest absolute Gasteiger partial charge is 0.391 e. The van der Waals surface area contributed by atoms with Gasteiger partial charge in [0.2, 0.25) is 0 Å². The van der Waals surface area contributed by atoms with Crippen LogP contribution in [0.2, 0.25) is 0 Å². The number of aliphatic hydroxyl groups is 1. The van der Waals surface area contributed by atoms with Crippen molar-refractivity contribution in [2.75, 3.05) is 13.1 Å². The topological polar surface area (TPSA) is 32.3 Å². The van der Waals surface area contributed by atoms with Crippen LogP contribution in [0.15, 0.2) is 0 Å². The second-order valence-electron chi connectivity index (χ2n) is 4.98. The van der Waals surface area contributed by atoms with Crippen LogP contribution in [0.5, 0.6) is 0 Å². The first-order valence-corrected chi connectivity index (χ1v) is 5.19. The highest BCUT2D eigenvalue weighted by Crippen LogP contribution is 2.72. The molecule has 3 fully saturated rings. The van der Waals surface area contributed by atoms with Crippen LogP contribution >= 0.6 is 0 Å². The van der Waals surface area contributed by atoms with Crippen molar-refractivity contribution in [2.24, 2.45) is 17.3 Å². The Balaban J connectivity index is 1.55. The summed E-state index contributed by atoms with van der Waals surface area (Å²) in [5.41, 5.74) is 0.822. The summed E-state index contributed by atoms with van der Waals surface area (Å²) >= 11 is 0. The highest BCUT2D eigenvalue weighted by Gasteiger charge is 2.62. The first kappa shape index (κ1) is 7.34. The molecule has 0 aromatic heterocycles. The molecule has 2 nitrogen and oxygen atoms in total. The predicted molar refractivity (Wildman–Crippen MR) is 46.8 cm³/mol. The van der Waals surface area contributed by atoms with Gasteiger partial charge in [0.15, 0.2) is 0 Å². The molecule has 0 bridgehead atoms. The lowest BCUT2D eigenvalue weighted by Crippen LogP contribution is -2.18. The summed E-state index contributed by atoms with van der Waals surface area (Å²) in [4.78, 5) is 0. The van der Waals surface area contributed by atoms with Crippen LogP contribution in [-0.4, -0.2) is 24.3 Å². The summed E-state index contributed by atoms with van der Waals surface area (Å²) in [6, 6.07) is 0.